The van der Waals surface area contributed by atoms with Crippen LogP contribution in [0.1, 0.15) is 11.1 Å². The minimum Gasteiger partial charge on any atom is -0.494 e. The van der Waals surface area contributed by atoms with Gasteiger partial charge < -0.3 is 4.74 Å². The summed E-state index contributed by atoms with van der Waals surface area (Å²) in [5.41, 5.74) is 1.64. The average molecular weight is 240 g/mol. The first kappa shape index (κ1) is 11.2. The molecular weight excluding hydrogens is 232 g/mol. The largest absolute Gasteiger partial charge is 0.494 e. The van der Waals surface area contributed by atoms with Gasteiger partial charge in [0.05, 0.1) is 18.2 Å². The second kappa shape index (κ2) is 4.69. The van der Waals surface area contributed by atoms with Gasteiger partial charge in [-0.05, 0) is 29.1 Å². The third kappa shape index (κ3) is 1.99. The number of thiophene rings is 1. The van der Waals surface area contributed by atoms with E-state index in [1.165, 1.54) is 7.11 Å². The fourth-order valence-electron chi connectivity index (χ4n) is 1.60. The molecule has 1 heterocycles. The van der Waals surface area contributed by atoms with Gasteiger partial charge >= 0.3 is 0 Å². The number of ether oxygens (including phenoxy) is 1. The average Bonchev–Trinajstić information content (AvgIpc) is 2.90. The number of nitriles is 2. The second-order valence-corrected chi connectivity index (χ2v) is 4.25. The maximum Gasteiger partial charge on any atom is 0.154 e. The van der Waals surface area contributed by atoms with Gasteiger partial charge in [-0.3, -0.25) is 0 Å². The van der Waals surface area contributed by atoms with Crippen molar-refractivity contribution >= 4 is 11.3 Å². The van der Waals surface area contributed by atoms with Crippen molar-refractivity contribution in [1.29, 1.82) is 10.5 Å². The molecule has 2 aromatic rings. The van der Waals surface area contributed by atoms with Gasteiger partial charge in [0, 0.05) is 4.88 Å². The molecule has 0 saturated carbocycles. The van der Waals surface area contributed by atoms with E-state index in [0.717, 1.165) is 10.4 Å². The summed E-state index contributed by atoms with van der Waals surface area (Å²) in [6.45, 7) is 0. The molecule has 2 rings (SSSR count). The van der Waals surface area contributed by atoms with E-state index in [-0.39, 0.29) is 0 Å². The molecule has 0 atom stereocenters. The predicted molar refractivity (Wildman–Crippen MR) is 65.7 cm³/mol. The Hall–Kier alpha value is -2.30. The Morgan fingerprint density at radius 3 is 2.24 bits per heavy atom. The van der Waals surface area contributed by atoms with Gasteiger partial charge in [-0.1, -0.05) is 6.07 Å². The minimum absolute atomic E-state index is 0.343. The van der Waals surface area contributed by atoms with E-state index >= 15 is 0 Å². The monoisotopic (exact) mass is 240 g/mol. The Labute approximate surface area is 103 Å². The molecule has 3 nitrogen and oxygen atoms in total. The van der Waals surface area contributed by atoms with Gasteiger partial charge in [0.25, 0.3) is 0 Å². The van der Waals surface area contributed by atoms with Gasteiger partial charge in [-0.15, -0.1) is 11.3 Å². The summed E-state index contributed by atoms with van der Waals surface area (Å²) in [6, 6.07) is 11.5. The highest BCUT2D eigenvalue weighted by molar-refractivity contribution is 7.13. The van der Waals surface area contributed by atoms with Crippen molar-refractivity contribution < 1.29 is 4.74 Å². The smallest absolute Gasteiger partial charge is 0.154 e. The normalized spacial score (nSPS) is 9.35. The topological polar surface area (TPSA) is 56.8 Å². The molecule has 82 valence electrons. The third-order valence-corrected chi connectivity index (χ3v) is 3.26. The van der Waals surface area contributed by atoms with E-state index in [1.54, 1.807) is 23.5 Å². The molecule has 1 aromatic heterocycles. The Bertz CT molecular complexity index is 583. The lowest BCUT2D eigenvalue weighted by atomic mass is 10.0. The van der Waals surface area contributed by atoms with E-state index in [0.29, 0.717) is 16.9 Å². The Morgan fingerprint density at radius 1 is 1.18 bits per heavy atom. The molecule has 1 aromatic carbocycles. The lowest BCUT2D eigenvalue weighted by Crippen LogP contribution is -1.93. The van der Waals surface area contributed by atoms with Crippen LogP contribution in [0.3, 0.4) is 0 Å². The molecule has 0 aliphatic heterocycles. The summed E-state index contributed by atoms with van der Waals surface area (Å²) in [5, 5.41) is 20.1. The molecule has 0 amide bonds. The molecule has 17 heavy (non-hydrogen) atoms. The Morgan fingerprint density at radius 2 is 1.82 bits per heavy atom. The number of hydrogen-bond acceptors (Lipinski definition) is 4. The Balaban J connectivity index is 2.67. The zero-order valence-corrected chi connectivity index (χ0v) is 9.91. The van der Waals surface area contributed by atoms with Gasteiger partial charge in [0.1, 0.15) is 12.1 Å². The lowest BCUT2D eigenvalue weighted by Gasteiger charge is -2.07. The zero-order chi connectivity index (χ0) is 12.3. The molecule has 0 aliphatic rings. The lowest BCUT2D eigenvalue weighted by molar-refractivity contribution is 0.412. The third-order valence-electron chi connectivity index (χ3n) is 2.34. The molecular formula is C13H8N2OS. The molecule has 0 fully saturated rings. The van der Waals surface area contributed by atoms with Crippen molar-refractivity contribution in [3.05, 3.63) is 40.8 Å². The van der Waals surface area contributed by atoms with Crippen LogP contribution in [-0.2, 0) is 0 Å². The quantitative estimate of drug-likeness (QED) is 0.810. The number of methoxy groups -OCH3 is 1. The molecule has 0 saturated heterocycles. The van der Waals surface area contributed by atoms with E-state index in [2.05, 4.69) is 12.1 Å². The van der Waals surface area contributed by atoms with Gasteiger partial charge in [-0.2, -0.15) is 10.5 Å². The molecule has 0 unspecified atom stereocenters. The van der Waals surface area contributed by atoms with Crippen molar-refractivity contribution in [2.75, 3.05) is 7.11 Å². The fraction of sp³-hybridized carbons (Fsp3) is 0.0769. The van der Waals surface area contributed by atoms with Crippen molar-refractivity contribution in [3.8, 4) is 28.3 Å². The van der Waals surface area contributed by atoms with Crippen LogP contribution in [0.25, 0.3) is 10.4 Å². The number of rotatable bonds is 2. The van der Waals surface area contributed by atoms with Gasteiger partial charge in [0.15, 0.2) is 5.75 Å². The summed E-state index contributed by atoms with van der Waals surface area (Å²) < 4.78 is 5.09. The number of benzene rings is 1. The summed E-state index contributed by atoms with van der Waals surface area (Å²) in [6.07, 6.45) is 0. The van der Waals surface area contributed by atoms with Gasteiger partial charge in [-0.25, -0.2) is 0 Å². The number of hydrogen-bond donors (Lipinski definition) is 0. The van der Waals surface area contributed by atoms with Crippen LogP contribution in [-0.4, -0.2) is 7.11 Å². The van der Waals surface area contributed by atoms with Crippen molar-refractivity contribution in [3.63, 3.8) is 0 Å². The first-order chi connectivity index (χ1) is 8.30. The maximum atomic E-state index is 9.06. The molecule has 0 aliphatic carbocycles. The molecule has 0 radical (unpaired) electrons. The van der Waals surface area contributed by atoms with Crippen LogP contribution < -0.4 is 4.74 Å². The van der Waals surface area contributed by atoms with Crippen LogP contribution >= 0.6 is 11.3 Å². The van der Waals surface area contributed by atoms with Crippen molar-refractivity contribution in [2.45, 2.75) is 0 Å². The van der Waals surface area contributed by atoms with E-state index in [1.807, 2.05) is 17.5 Å². The number of nitrogens with zero attached hydrogens (tertiary/aromatic N) is 2. The highest BCUT2D eigenvalue weighted by Gasteiger charge is 2.12. The molecule has 0 bridgehead atoms. The Kier molecular flexibility index (Phi) is 3.09. The van der Waals surface area contributed by atoms with Crippen molar-refractivity contribution in [2.24, 2.45) is 0 Å². The summed E-state index contributed by atoms with van der Waals surface area (Å²) in [5.74, 6) is 0.343. The van der Waals surface area contributed by atoms with Crippen LogP contribution in [0, 0.1) is 22.7 Å². The van der Waals surface area contributed by atoms with Crippen LogP contribution in [0.4, 0.5) is 0 Å². The second-order valence-electron chi connectivity index (χ2n) is 3.31. The fourth-order valence-corrected chi connectivity index (χ4v) is 2.31. The highest BCUT2D eigenvalue weighted by Crippen LogP contribution is 2.32. The predicted octanol–water partition coefficient (Wildman–Crippen LogP) is 3.17. The summed E-state index contributed by atoms with van der Waals surface area (Å²) >= 11 is 1.57. The minimum atomic E-state index is 0.343. The van der Waals surface area contributed by atoms with Crippen molar-refractivity contribution in [1.82, 2.24) is 0 Å². The highest BCUT2D eigenvalue weighted by atomic mass is 32.1. The molecule has 0 N–H and O–H groups in total. The van der Waals surface area contributed by atoms with E-state index in [9.17, 15) is 0 Å². The first-order valence-corrected chi connectivity index (χ1v) is 5.74. The summed E-state index contributed by atoms with van der Waals surface area (Å²) in [7, 11) is 1.46. The van der Waals surface area contributed by atoms with Crippen LogP contribution in [0.2, 0.25) is 0 Å². The summed E-state index contributed by atoms with van der Waals surface area (Å²) in [4.78, 5) is 1.03. The standard InChI is InChI=1S/C13H8N2OS/c1-16-13-10(7-14)5-9(6-11(13)8-15)12-3-2-4-17-12/h2-6H,1H3. The zero-order valence-electron chi connectivity index (χ0n) is 9.10. The van der Waals surface area contributed by atoms with E-state index < -0.39 is 0 Å². The SMILES string of the molecule is COc1c(C#N)cc(-c2cccs2)cc1C#N. The maximum absolute atomic E-state index is 9.06. The molecule has 0 spiro atoms. The van der Waals surface area contributed by atoms with Crippen LogP contribution in [0.15, 0.2) is 29.6 Å². The van der Waals surface area contributed by atoms with Crippen LogP contribution in [0.5, 0.6) is 5.75 Å². The molecule has 4 heteroatoms. The van der Waals surface area contributed by atoms with E-state index in [4.69, 9.17) is 15.3 Å². The van der Waals surface area contributed by atoms with Gasteiger partial charge in [0.2, 0.25) is 0 Å². The first-order valence-electron chi connectivity index (χ1n) is 4.86.